The molecule has 0 saturated heterocycles. The van der Waals surface area contributed by atoms with E-state index in [4.69, 9.17) is 4.74 Å². The maximum atomic E-state index is 5.20. The number of methoxy groups -OCH3 is 1. The lowest BCUT2D eigenvalue weighted by atomic mass is 10.1. The van der Waals surface area contributed by atoms with Crippen molar-refractivity contribution in [2.75, 3.05) is 14.2 Å². The second kappa shape index (κ2) is 3.88. The van der Waals surface area contributed by atoms with Crippen LogP contribution in [0.3, 0.4) is 0 Å². The number of ether oxygens (including phenoxy) is 1. The van der Waals surface area contributed by atoms with E-state index in [1.165, 1.54) is 0 Å². The van der Waals surface area contributed by atoms with Crippen LogP contribution in [0.1, 0.15) is 13.8 Å². The molecule has 10 heavy (non-hydrogen) atoms. The highest BCUT2D eigenvalue weighted by molar-refractivity contribution is 7.83. The summed E-state index contributed by atoms with van der Waals surface area (Å²) in [6.45, 7) is 3.96. The fraction of sp³-hybridized carbons (Fsp3) is 0.714. The Bertz CT molecular complexity index is 132. The molecule has 0 bridgehead atoms. The van der Waals surface area contributed by atoms with E-state index in [9.17, 15) is 0 Å². The SMILES string of the molecule is CN/C(=C\S)C(C)(C)OC. The van der Waals surface area contributed by atoms with Crippen LogP contribution < -0.4 is 5.32 Å². The van der Waals surface area contributed by atoms with Crippen molar-refractivity contribution in [1.82, 2.24) is 5.32 Å². The van der Waals surface area contributed by atoms with E-state index in [0.717, 1.165) is 5.70 Å². The van der Waals surface area contributed by atoms with Crippen LogP contribution in [0.25, 0.3) is 0 Å². The third-order valence-electron chi connectivity index (χ3n) is 1.56. The second-order valence-corrected chi connectivity index (χ2v) is 2.77. The van der Waals surface area contributed by atoms with Crippen molar-refractivity contribution in [3.8, 4) is 0 Å². The minimum atomic E-state index is -0.267. The van der Waals surface area contributed by atoms with Gasteiger partial charge in [0, 0.05) is 19.9 Å². The number of likely N-dealkylation sites (N-methyl/N-ethyl adjacent to an activating group) is 1. The third-order valence-corrected chi connectivity index (χ3v) is 1.82. The first-order valence-electron chi connectivity index (χ1n) is 3.16. The van der Waals surface area contributed by atoms with Gasteiger partial charge >= 0.3 is 0 Å². The van der Waals surface area contributed by atoms with Gasteiger partial charge in [-0.05, 0) is 19.3 Å². The summed E-state index contributed by atoms with van der Waals surface area (Å²) in [5.41, 5.74) is 0.703. The van der Waals surface area contributed by atoms with Crippen molar-refractivity contribution in [3.05, 3.63) is 11.1 Å². The Balaban J connectivity index is 4.28. The number of thiol groups is 1. The molecule has 1 N–H and O–H groups in total. The van der Waals surface area contributed by atoms with Gasteiger partial charge in [-0.3, -0.25) is 0 Å². The molecule has 3 heteroatoms. The predicted octanol–water partition coefficient (Wildman–Crippen LogP) is 1.40. The smallest absolute Gasteiger partial charge is 0.102 e. The molecule has 0 saturated carbocycles. The molecule has 0 aliphatic heterocycles. The van der Waals surface area contributed by atoms with Gasteiger partial charge < -0.3 is 10.1 Å². The average molecular weight is 161 g/mol. The van der Waals surface area contributed by atoms with Crippen LogP contribution in [0.2, 0.25) is 0 Å². The summed E-state index contributed by atoms with van der Waals surface area (Å²) in [6, 6.07) is 0. The lowest BCUT2D eigenvalue weighted by Crippen LogP contribution is -2.32. The molecular formula is C7H15NOS. The van der Waals surface area contributed by atoms with Crippen LogP contribution in [0.4, 0.5) is 0 Å². The minimum absolute atomic E-state index is 0.267. The lowest BCUT2D eigenvalue weighted by molar-refractivity contribution is 0.0503. The highest BCUT2D eigenvalue weighted by Crippen LogP contribution is 2.16. The van der Waals surface area contributed by atoms with Gasteiger partial charge in [0.2, 0.25) is 0 Å². The Labute approximate surface area is 68.1 Å². The zero-order chi connectivity index (χ0) is 8.20. The van der Waals surface area contributed by atoms with Gasteiger partial charge in [0.1, 0.15) is 5.60 Å². The molecule has 0 aromatic carbocycles. The summed E-state index contributed by atoms with van der Waals surface area (Å²) in [5, 5.41) is 4.71. The highest BCUT2D eigenvalue weighted by atomic mass is 32.1. The second-order valence-electron chi connectivity index (χ2n) is 2.51. The Kier molecular flexibility index (Phi) is 3.83. The van der Waals surface area contributed by atoms with Crippen molar-refractivity contribution in [2.24, 2.45) is 0 Å². The van der Waals surface area contributed by atoms with Crippen molar-refractivity contribution in [2.45, 2.75) is 19.4 Å². The van der Waals surface area contributed by atoms with Crippen molar-refractivity contribution in [3.63, 3.8) is 0 Å². The van der Waals surface area contributed by atoms with Crippen LogP contribution in [-0.4, -0.2) is 19.8 Å². The fourth-order valence-electron chi connectivity index (χ4n) is 0.631. The predicted molar refractivity (Wildman–Crippen MR) is 47.2 cm³/mol. The van der Waals surface area contributed by atoms with E-state index in [0.29, 0.717) is 0 Å². The van der Waals surface area contributed by atoms with E-state index >= 15 is 0 Å². The first-order chi connectivity index (χ1) is 4.58. The molecule has 60 valence electrons. The Morgan fingerprint density at radius 2 is 2.10 bits per heavy atom. The summed E-state index contributed by atoms with van der Waals surface area (Å²) in [5.74, 6) is 0. The number of hydrogen-bond acceptors (Lipinski definition) is 3. The van der Waals surface area contributed by atoms with E-state index < -0.39 is 0 Å². The minimum Gasteiger partial charge on any atom is -0.389 e. The van der Waals surface area contributed by atoms with E-state index in [1.807, 2.05) is 20.9 Å². The van der Waals surface area contributed by atoms with Gasteiger partial charge in [0.25, 0.3) is 0 Å². The summed E-state index contributed by atoms with van der Waals surface area (Å²) >= 11 is 4.04. The molecule has 0 heterocycles. The van der Waals surface area contributed by atoms with Crippen LogP contribution in [0, 0.1) is 0 Å². The first-order valence-corrected chi connectivity index (χ1v) is 3.68. The van der Waals surface area contributed by atoms with Crippen molar-refractivity contribution in [1.29, 1.82) is 0 Å². The maximum absolute atomic E-state index is 5.20. The summed E-state index contributed by atoms with van der Waals surface area (Å²) in [7, 11) is 3.53. The van der Waals surface area contributed by atoms with E-state index in [2.05, 4.69) is 17.9 Å². The highest BCUT2D eigenvalue weighted by Gasteiger charge is 2.20. The molecule has 0 fully saturated rings. The van der Waals surface area contributed by atoms with Gasteiger partial charge in [-0.15, -0.1) is 12.6 Å². The molecular weight excluding hydrogens is 146 g/mol. The molecule has 0 atom stereocenters. The van der Waals surface area contributed by atoms with Gasteiger partial charge in [-0.2, -0.15) is 0 Å². The van der Waals surface area contributed by atoms with Crippen LogP contribution in [0.15, 0.2) is 11.1 Å². The van der Waals surface area contributed by atoms with E-state index in [1.54, 1.807) is 12.5 Å². The number of rotatable bonds is 3. The molecule has 0 aromatic rings. The molecule has 0 aliphatic rings. The average Bonchev–Trinajstić information content (AvgIpc) is 1.90. The van der Waals surface area contributed by atoms with Gasteiger partial charge in [0.05, 0.1) is 0 Å². The Hall–Kier alpha value is -0.150. The van der Waals surface area contributed by atoms with Crippen LogP contribution in [-0.2, 0) is 4.74 Å². The van der Waals surface area contributed by atoms with Gasteiger partial charge in [-0.1, -0.05) is 0 Å². The summed E-state index contributed by atoms with van der Waals surface area (Å²) in [6.07, 6.45) is 0. The molecule has 0 amide bonds. The monoisotopic (exact) mass is 161 g/mol. The quantitative estimate of drug-likeness (QED) is 0.611. The Morgan fingerprint density at radius 1 is 1.60 bits per heavy atom. The molecule has 0 radical (unpaired) electrons. The zero-order valence-corrected chi connectivity index (χ0v) is 7.83. The first kappa shape index (κ1) is 9.85. The molecule has 2 nitrogen and oxygen atoms in total. The molecule has 0 aliphatic carbocycles. The lowest BCUT2D eigenvalue weighted by Gasteiger charge is -2.25. The number of nitrogens with one attached hydrogen (secondary N) is 1. The topological polar surface area (TPSA) is 21.3 Å². The molecule has 0 unspecified atom stereocenters. The van der Waals surface area contributed by atoms with Crippen molar-refractivity contribution >= 4 is 12.6 Å². The Morgan fingerprint density at radius 3 is 2.20 bits per heavy atom. The fourth-order valence-corrected chi connectivity index (χ4v) is 1.07. The largest absolute Gasteiger partial charge is 0.389 e. The third kappa shape index (κ3) is 2.23. The standard InChI is InChI=1S/C7H15NOS/c1-7(2,9-4)6(5-10)8-3/h5,8,10H,1-4H3/b6-5-. The zero-order valence-electron chi connectivity index (χ0n) is 6.93. The van der Waals surface area contributed by atoms with Gasteiger partial charge in [-0.25, -0.2) is 0 Å². The van der Waals surface area contributed by atoms with Crippen LogP contribution >= 0.6 is 12.6 Å². The summed E-state index contributed by atoms with van der Waals surface area (Å²) < 4.78 is 5.20. The molecule has 0 spiro atoms. The molecule has 0 aromatic heterocycles. The summed E-state index contributed by atoms with van der Waals surface area (Å²) in [4.78, 5) is 0. The van der Waals surface area contributed by atoms with E-state index in [-0.39, 0.29) is 5.60 Å². The van der Waals surface area contributed by atoms with Crippen molar-refractivity contribution < 1.29 is 4.74 Å². The number of hydrogen-bond donors (Lipinski definition) is 2. The van der Waals surface area contributed by atoms with Crippen LogP contribution in [0.5, 0.6) is 0 Å². The van der Waals surface area contributed by atoms with Gasteiger partial charge in [0.15, 0.2) is 0 Å². The normalized spacial score (nSPS) is 13.5. The maximum Gasteiger partial charge on any atom is 0.102 e. The molecule has 0 rings (SSSR count).